The van der Waals surface area contributed by atoms with E-state index in [2.05, 4.69) is 10.6 Å². The van der Waals surface area contributed by atoms with E-state index >= 15 is 0 Å². The van der Waals surface area contributed by atoms with Crippen molar-refractivity contribution < 1.29 is 14.7 Å². The number of nitrogens with one attached hydrogen (secondary N) is 2. The molecular formula is C16H22N2O3. The SMILES string of the molecule is CC(=O)Nc1ccc(/C=C/C(=O)NC(C)CCCO)cc1. The molecule has 2 amide bonds. The molecule has 5 heteroatoms. The summed E-state index contributed by atoms with van der Waals surface area (Å²) in [6.07, 6.45) is 4.62. The predicted octanol–water partition coefficient (Wildman–Crippen LogP) is 1.94. The first-order chi connectivity index (χ1) is 10.0. The largest absolute Gasteiger partial charge is 0.396 e. The molecule has 0 heterocycles. The van der Waals surface area contributed by atoms with Crippen molar-refractivity contribution in [2.24, 2.45) is 0 Å². The molecule has 1 aromatic carbocycles. The third-order valence-electron chi connectivity index (χ3n) is 2.84. The Hall–Kier alpha value is -2.14. The average molecular weight is 290 g/mol. The van der Waals surface area contributed by atoms with Crippen molar-refractivity contribution in [2.45, 2.75) is 32.7 Å². The zero-order valence-corrected chi connectivity index (χ0v) is 12.4. The maximum Gasteiger partial charge on any atom is 0.244 e. The van der Waals surface area contributed by atoms with Gasteiger partial charge >= 0.3 is 0 Å². The fourth-order valence-electron chi connectivity index (χ4n) is 1.81. The summed E-state index contributed by atoms with van der Waals surface area (Å²) in [5, 5.41) is 14.2. The number of rotatable bonds is 7. The van der Waals surface area contributed by atoms with Crippen LogP contribution in [0.4, 0.5) is 5.69 Å². The van der Waals surface area contributed by atoms with E-state index in [0.29, 0.717) is 6.42 Å². The van der Waals surface area contributed by atoms with Gasteiger partial charge in [-0.1, -0.05) is 12.1 Å². The summed E-state index contributed by atoms with van der Waals surface area (Å²) in [6.45, 7) is 3.50. The lowest BCUT2D eigenvalue weighted by Gasteiger charge is -2.11. The van der Waals surface area contributed by atoms with Crippen molar-refractivity contribution in [3.8, 4) is 0 Å². The molecule has 0 spiro atoms. The molecule has 0 saturated carbocycles. The predicted molar refractivity (Wildman–Crippen MR) is 83.7 cm³/mol. The molecule has 114 valence electrons. The number of anilines is 1. The second-order valence-corrected chi connectivity index (χ2v) is 4.91. The molecule has 0 aromatic heterocycles. The van der Waals surface area contributed by atoms with Gasteiger partial charge < -0.3 is 15.7 Å². The quantitative estimate of drug-likeness (QED) is 0.671. The highest BCUT2D eigenvalue weighted by atomic mass is 16.3. The topological polar surface area (TPSA) is 78.4 Å². The van der Waals surface area contributed by atoms with Crippen LogP contribution in [0, 0.1) is 0 Å². The first-order valence-electron chi connectivity index (χ1n) is 6.98. The van der Waals surface area contributed by atoms with Gasteiger partial charge in [-0.15, -0.1) is 0 Å². The number of benzene rings is 1. The van der Waals surface area contributed by atoms with E-state index in [4.69, 9.17) is 5.11 Å². The van der Waals surface area contributed by atoms with Gasteiger partial charge in [-0.2, -0.15) is 0 Å². The fraction of sp³-hybridized carbons (Fsp3) is 0.375. The molecule has 0 fully saturated rings. The Kier molecular flexibility index (Phi) is 7.18. The Morgan fingerprint density at radius 3 is 2.52 bits per heavy atom. The van der Waals surface area contributed by atoms with E-state index in [1.165, 1.54) is 13.0 Å². The molecule has 0 aliphatic rings. The minimum absolute atomic E-state index is 0.0384. The van der Waals surface area contributed by atoms with Crippen LogP contribution in [0.2, 0.25) is 0 Å². The van der Waals surface area contributed by atoms with Crippen LogP contribution < -0.4 is 10.6 Å². The van der Waals surface area contributed by atoms with E-state index < -0.39 is 0 Å². The summed E-state index contributed by atoms with van der Waals surface area (Å²) >= 11 is 0. The highest BCUT2D eigenvalue weighted by molar-refractivity contribution is 5.92. The summed E-state index contributed by atoms with van der Waals surface area (Å²) in [5.41, 5.74) is 1.60. The summed E-state index contributed by atoms with van der Waals surface area (Å²) in [4.78, 5) is 22.6. The minimum Gasteiger partial charge on any atom is -0.396 e. The third kappa shape index (κ3) is 7.27. The van der Waals surface area contributed by atoms with E-state index in [9.17, 15) is 9.59 Å². The number of hydrogen-bond donors (Lipinski definition) is 3. The lowest BCUT2D eigenvalue weighted by atomic mass is 10.1. The van der Waals surface area contributed by atoms with Crippen LogP contribution in [0.3, 0.4) is 0 Å². The Labute approximate surface area is 125 Å². The Morgan fingerprint density at radius 2 is 1.95 bits per heavy atom. The van der Waals surface area contributed by atoms with E-state index in [-0.39, 0.29) is 24.5 Å². The molecule has 0 bridgehead atoms. The van der Waals surface area contributed by atoms with Gasteiger partial charge in [0.05, 0.1) is 0 Å². The first-order valence-corrected chi connectivity index (χ1v) is 6.98. The van der Waals surface area contributed by atoms with Gasteiger partial charge in [0, 0.05) is 31.3 Å². The van der Waals surface area contributed by atoms with E-state index in [1.807, 2.05) is 19.1 Å². The monoisotopic (exact) mass is 290 g/mol. The summed E-state index contributed by atoms with van der Waals surface area (Å²) in [5.74, 6) is -0.277. The highest BCUT2D eigenvalue weighted by Crippen LogP contribution is 2.10. The van der Waals surface area contributed by atoms with Crippen LogP contribution in [0.25, 0.3) is 6.08 Å². The molecule has 0 aliphatic carbocycles. The standard InChI is InChI=1S/C16H22N2O3/c1-12(4-3-11-19)17-16(21)10-7-14-5-8-15(9-6-14)18-13(2)20/h5-10,12,19H,3-4,11H2,1-2H3,(H,17,21)(H,18,20)/b10-7+. The van der Waals surface area contributed by atoms with Gasteiger partial charge in [-0.05, 0) is 43.5 Å². The van der Waals surface area contributed by atoms with Crippen molar-refractivity contribution in [1.29, 1.82) is 0 Å². The van der Waals surface area contributed by atoms with E-state index in [0.717, 1.165) is 17.7 Å². The zero-order valence-electron chi connectivity index (χ0n) is 12.4. The Bertz CT molecular complexity index is 495. The molecule has 0 saturated heterocycles. The smallest absolute Gasteiger partial charge is 0.244 e. The number of hydrogen-bond acceptors (Lipinski definition) is 3. The molecule has 3 N–H and O–H groups in total. The lowest BCUT2D eigenvalue weighted by molar-refractivity contribution is -0.117. The van der Waals surface area contributed by atoms with Crippen LogP contribution >= 0.6 is 0 Å². The molecule has 0 aliphatic heterocycles. The van der Waals surface area contributed by atoms with Gasteiger partial charge in [0.15, 0.2) is 0 Å². The molecule has 1 unspecified atom stereocenters. The summed E-state index contributed by atoms with van der Waals surface area (Å²) in [6, 6.07) is 7.25. The van der Waals surface area contributed by atoms with Gasteiger partial charge in [0.2, 0.25) is 11.8 Å². The number of aliphatic hydroxyl groups is 1. The highest BCUT2D eigenvalue weighted by Gasteiger charge is 2.03. The first kappa shape index (κ1) is 16.9. The minimum atomic E-state index is -0.161. The summed E-state index contributed by atoms with van der Waals surface area (Å²) < 4.78 is 0. The molecule has 21 heavy (non-hydrogen) atoms. The summed E-state index contributed by atoms with van der Waals surface area (Å²) in [7, 11) is 0. The maximum absolute atomic E-state index is 11.7. The fourth-order valence-corrected chi connectivity index (χ4v) is 1.81. The van der Waals surface area contributed by atoms with Gasteiger partial charge in [0.25, 0.3) is 0 Å². The second kappa shape index (κ2) is 8.92. The molecule has 1 rings (SSSR count). The van der Waals surface area contributed by atoms with Crippen LogP contribution in [-0.2, 0) is 9.59 Å². The van der Waals surface area contributed by atoms with Crippen molar-refractivity contribution in [3.63, 3.8) is 0 Å². The average Bonchev–Trinajstić information content (AvgIpc) is 2.44. The molecule has 0 radical (unpaired) electrons. The molecule has 1 aromatic rings. The Balaban J connectivity index is 2.48. The maximum atomic E-state index is 11.7. The van der Waals surface area contributed by atoms with Gasteiger partial charge in [-0.3, -0.25) is 9.59 Å². The molecule has 5 nitrogen and oxygen atoms in total. The van der Waals surface area contributed by atoms with Crippen LogP contribution in [0.5, 0.6) is 0 Å². The number of aliphatic hydroxyl groups excluding tert-OH is 1. The Morgan fingerprint density at radius 1 is 1.29 bits per heavy atom. The van der Waals surface area contributed by atoms with Crippen molar-refractivity contribution in [1.82, 2.24) is 5.32 Å². The number of carbonyl (C=O) groups is 2. The van der Waals surface area contributed by atoms with Gasteiger partial charge in [-0.25, -0.2) is 0 Å². The van der Waals surface area contributed by atoms with Crippen LogP contribution in [0.15, 0.2) is 30.3 Å². The second-order valence-electron chi connectivity index (χ2n) is 4.91. The van der Waals surface area contributed by atoms with Crippen molar-refractivity contribution in [3.05, 3.63) is 35.9 Å². The molecule has 1 atom stereocenters. The normalized spacial score (nSPS) is 12.1. The van der Waals surface area contributed by atoms with Crippen LogP contribution in [0.1, 0.15) is 32.3 Å². The number of carbonyl (C=O) groups excluding carboxylic acids is 2. The third-order valence-corrected chi connectivity index (χ3v) is 2.84. The van der Waals surface area contributed by atoms with Crippen molar-refractivity contribution >= 4 is 23.6 Å². The lowest BCUT2D eigenvalue weighted by Crippen LogP contribution is -2.31. The molecular weight excluding hydrogens is 268 g/mol. The van der Waals surface area contributed by atoms with E-state index in [1.54, 1.807) is 18.2 Å². The van der Waals surface area contributed by atoms with Crippen molar-refractivity contribution in [2.75, 3.05) is 11.9 Å². The van der Waals surface area contributed by atoms with Gasteiger partial charge in [0.1, 0.15) is 0 Å². The number of amides is 2. The van der Waals surface area contributed by atoms with Crippen LogP contribution in [-0.4, -0.2) is 29.6 Å². The zero-order chi connectivity index (χ0) is 15.7.